The highest BCUT2D eigenvalue weighted by Crippen LogP contribution is 2.00. The van der Waals surface area contributed by atoms with Gasteiger partial charge in [0.2, 0.25) is 0 Å². The van der Waals surface area contributed by atoms with Gasteiger partial charge in [-0.15, -0.1) is 0 Å². The summed E-state index contributed by atoms with van der Waals surface area (Å²) in [5.74, 6) is 0. The van der Waals surface area contributed by atoms with Gasteiger partial charge in [0.15, 0.2) is 0 Å². The van der Waals surface area contributed by atoms with Crippen LogP contribution >= 0.6 is 0 Å². The second-order valence-corrected chi connectivity index (χ2v) is 4.54. The lowest BCUT2D eigenvalue weighted by atomic mass is 10.2. The number of nitrogens with one attached hydrogen (secondary N) is 1. The summed E-state index contributed by atoms with van der Waals surface area (Å²) in [4.78, 5) is 5.10. The number of hydrogen-bond donors (Lipinski definition) is 1. The summed E-state index contributed by atoms with van der Waals surface area (Å²) in [7, 11) is 0. The Labute approximate surface area is 94.8 Å². The predicted octanol–water partition coefficient (Wildman–Crippen LogP) is 1.01. The SMILES string of the molecule is CCC(C)NCCN1CCN(CC)CC1. The highest BCUT2D eigenvalue weighted by Gasteiger charge is 2.14. The first-order valence-corrected chi connectivity index (χ1v) is 6.44. The van der Waals surface area contributed by atoms with Crippen molar-refractivity contribution in [3.63, 3.8) is 0 Å². The molecule has 0 aromatic rings. The average molecular weight is 213 g/mol. The van der Waals surface area contributed by atoms with Crippen LogP contribution < -0.4 is 5.32 Å². The topological polar surface area (TPSA) is 18.5 Å². The summed E-state index contributed by atoms with van der Waals surface area (Å²) in [6, 6.07) is 0.668. The van der Waals surface area contributed by atoms with E-state index in [9.17, 15) is 0 Å². The smallest absolute Gasteiger partial charge is 0.0110 e. The minimum atomic E-state index is 0.668. The van der Waals surface area contributed by atoms with Crippen LogP contribution in [0.1, 0.15) is 27.2 Å². The van der Waals surface area contributed by atoms with E-state index in [-0.39, 0.29) is 0 Å². The number of hydrogen-bond acceptors (Lipinski definition) is 3. The molecule has 1 heterocycles. The molecule has 3 nitrogen and oxygen atoms in total. The van der Waals surface area contributed by atoms with Crippen molar-refractivity contribution in [1.29, 1.82) is 0 Å². The van der Waals surface area contributed by atoms with Crippen molar-refractivity contribution >= 4 is 0 Å². The maximum absolute atomic E-state index is 3.55. The Balaban J connectivity index is 2.03. The van der Waals surface area contributed by atoms with Crippen LogP contribution in [-0.4, -0.2) is 61.7 Å². The van der Waals surface area contributed by atoms with Crippen molar-refractivity contribution in [3.8, 4) is 0 Å². The predicted molar refractivity (Wildman–Crippen MR) is 66.3 cm³/mol. The molecular weight excluding hydrogens is 186 g/mol. The third-order valence-corrected chi connectivity index (χ3v) is 3.45. The molecule has 0 radical (unpaired) electrons. The maximum atomic E-state index is 3.55. The summed E-state index contributed by atoms with van der Waals surface area (Å²) in [6.45, 7) is 15.3. The Bertz CT molecular complexity index is 153. The van der Waals surface area contributed by atoms with E-state index in [0.717, 1.165) is 6.54 Å². The zero-order valence-corrected chi connectivity index (χ0v) is 10.6. The highest BCUT2D eigenvalue weighted by molar-refractivity contribution is 4.71. The van der Waals surface area contributed by atoms with Crippen molar-refractivity contribution in [2.24, 2.45) is 0 Å². The molecule has 0 spiro atoms. The molecule has 3 heteroatoms. The lowest BCUT2D eigenvalue weighted by molar-refractivity contribution is 0.137. The molecule has 0 aromatic carbocycles. The van der Waals surface area contributed by atoms with Crippen molar-refractivity contribution in [2.75, 3.05) is 45.8 Å². The quantitative estimate of drug-likeness (QED) is 0.710. The van der Waals surface area contributed by atoms with Gasteiger partial charge >= 0.3 is 0 Å². The van der Waals surface area contributed by atoms with Gasteiger partial charge in [0, 0.05) is 45.3 Å². The Kier molecular flexibility index (Phi) is 6.22. The summed E-state index contributed by atoms with van der Waals surface area (Å²) in [5.41, 5.74) is 0. The van der Waals surface area contributed by atoms with E-state index >= 15 is 0 Å². The van der Waals surface area contributed by atoms with Gasteiger partial charge in [-0.05, 0) is 19.9 Å². The van der Waals surface area contributed by atoms with Gasteiger partial charge in [-0.3, -0.25) is 4.90 Å². The van der Waals surface area contributed by atoms with Crippen molar-refractivity contribution < 1.29 is 0 Å². The molecule has 90 valence electrons. The molecule has 1 saturated heterocycles. The first kappa shape index (κ1) is 12.9. The van der Waals surface area contributed by atoms with Gasteiger partial charge in [-0.25, -0.2) is 0 Å². The largest absolute Gasteiger partial charge is 0.313 e. The third-order valence-electron chi connectivity index (χ3n) is 3.45. The maximum Gasteiger partial charge on any atom is 0.0110 e. The number of piperazine rings is 1. The fraction of sp³-hybridized carbons (Fsp3) is 1.00. The van der Waals surface area contributed by atoms with Crippen LogP contribution in [0.5, 0.6) is 0 Å². The fourth-order valence-corrected chi connectivity index (χ4v) is 1.94. The van der Waals surface area contributed by atoms with Crippen LogP contribution in [0.25, 0.3) is 0 Å². The van der Waals surface area contributed by atoms with E-state index in [1.165, 1.54) is 45.7 Å². The van der Waals surface area contributed by atoms with E-state index < -0.39 is 0 Å². The van der Waals surface area contributed by atoms with Crippen LogP contribution in [-0.2, 0) is 0 Å². The summed E-state index contributed by atoms with van der Waals surface area (Å²) in [5, 5.41) is 3.55. The first-order chi connectivity index (χ1) is 7.26. The summed E-state index contributed by atoms with van der Waals surface area (Å²) >= 11 is 0. The van der Waals surface area contributed by atoms with Crippen LogP contribution in [0.3, 0.4) is 0 Å². The second kappa shape index (κ2) is 7.20. The van der Waals surface area contributed by atoms with Crippen molar-refractivity contribution in [3.05, 3.63) is 0 Å². The standard InChI is InChI=1S/C12H27N3/c1-4-12(3)13-6-7-15-10-8-14(5-2)9-11-15/h12-13H,4-11H2,1-3H3. The van der Waals surface area contributed by atoms with E-state index in [2.05, 4.69) is 35.9 Å². The van der Waals surface area contributed by atoms with E-state index in [0.29, 0.717) is 6.04 Å². The van der Waals surface area contributed by atoms with E-state index in [4.69, 9.17) is 0 Å². The van der Waals surface area contributed by atoms with Crippen LogP contribution in [0.4, 0.5) is 0 Å². The molecule has 0 saturated carbocycles. The zero-order chi connectivity index (χ0) is 11.1. The van der Waals surface area contributed by atoms with Gasteiger partial charge < -0.3 is 10.2 Å². The molecule has 15 heavy (non-hydrogen) atoms. The minimum absolute atomic E-state index is 0.668. The molecule has 1 rings (SSSR count). The number of likely N-dealkylation sites (N-methyl/N-ethyl adjacent to an activating group) is 1. The molecule has 0 bridgehead atoms. The Morgan fingerprint density at radius 2 is 1.67 bits per heavy atom. The molecule has 0 amide bonds. The Morgan fingerprint density at radius 1 is 1.07 bits per heavy atom. The van der Waals surface area contributed by atoms with E-state index in [1.807, 2.05) is 0 Å². The minimum Gasteiger partial charge on any atom is -0.313 e. The average Bonchev–Trinajstić information content (AvgIpc) is 2.29. The Morgan fingerprint density at radius 3 is 2.20 bits per heavy atom. The van der Waals surface area contributed by atoms with Crippen molar-refractivity contribution in [2.45, 2.75) is 33.2 Å². The molecule has 1 aliphatic heterocycles. The van der Waals surface area contributed by atoms with Gasteiger partial charge in [-0.1, -0.05) is 13.8 Å². The summed E-state index contributed by atoms with van der Waals surface area (Å²) < 4.78 is 0. The highest BCUT2D eigenvalue weighted by atomic mass is 15.3. The lowest BCUT2D eigenvalue weighted by Crippen LogP contribution is -2.48. The van der Waals surface area contributed by atoms with Gasteiger partial charge in [-0.2, -0.15) is 0 Å². The van der Waals surface area contributed by atoms with Gasteiger partial charge in [0.25, 0.3) is 0 Å². The normalized spacial score (nSPS) is 21.8. The fourth-order valence-electron chi connectivity index (χ4n) is 1.94. The number of nitrogens with zero attached hydrogens (tertiary/aromatic N) is 2. The molecule has 1 atom stereocenters. The number of rotatable bonds is 6. The van der Waals surface area contributed by atoms with Crippen LogP contribution in [0.2, 0.25) is 0 Å². The molecule has 1 N–H and O–H groups in total. The van der Waals surface area contributed by atoms with Crippen LogP contribution in [0.15, 0.2) is 0 Å². The molecular formula is C12H27N3. The van der Waals surface area contributed by atoms with Crippen molar-refractivity contribution in [1.82, 2.24) is 15.1 Å². The zero-order valence-electron chi connectivity index (χ0n) is 10.6. The van der Waals surface area contributed by atoms with Gasteiger partial charge in [0.05, 0.1) is 0 Å². The van der Waals surface area contributed by atoms with Gasteiger partial charge in [0.1, 0.15) is 0 Å². The first-order valence-electron chi connectivity index (χ1n) is 6.44. The Hall–Kier alpha value is -0.120. The third kappa shape index (κ3) is 4.96. The summed E-state index contributed by atoms with van der Waals surface area (Å²) in [6.07, 6.45) is 1.23. The molecule has 0 aromatic heterocycles. The molecule has 0 aliphatic carbocycles. The molecule has 1 unspecified atom stereocenters. The monoisotopic (exact) mass is 213 g/mol. The molecule has 1 aliphatic rings. The van der Waals surface area contributed by atoms with E-state index in [1.54, 1.807) is 0 Å². The second-order valence-electron chi connectivity index (χ2n) is 4.54. The molecule has 1 fully saturated rings. The lowest BCUT2D eigenvalue weighted by Gasteiger charge is -2.34. The van der Waals surface area contributed by atoms with Crippen LogP contribution in [0, 0.1) is 0 Å².